The molecule has 68 valence electrons. The normalized spacial score (nSPS) is 29.2. The van der Waals surface area contributed by atoms with Gasteiger partial charge in [-0.15, -0.1) is 0 Å². The van der Waals surface area contributed by atoms with Crippen LogP contribution in [-0.4, -0.2) is 16.5 Å². The van der Waals surface area contributed by atoms with Crippen LogP contribution >= 0.6 is 0 Å². The lowest BCUT2D eigenvalue weighted by molar-refractivity contribution is -0.114. The van der Waals surface area contributed by atoms with Gasteiger partial charge in [-0.25, -0.2) is 0 Å². The standard InChI is InChI=1S/C10H16O2/c1-7(2)10(12)5-4-9(6-10)8(3)11/h4,7,12H,5-6H2,1-3H3/t10-/m1/s1. The molecule has 0 radical (unpaired) electrons. The smallest absolute Gasteiger partial charge is 0.155 e. The SMILES string of the molecule is CC(=O)C1=CC[C@](O)(C(C)C)C1. The van der Waals surface area contributed by atoms with Crippen LogP contribution in [0.2, 0.25) is 0 Å². The second-order valence-corrected chi connectivity index (χ2v) is 3.92. The molecule has 1 rings (SSSR count). The maximum Gasteiger partial charge on any atom is 0.155 e. The zero-order valence-corrected chi connectivity index (χ0v) is 7.92. The highest BCUT2D eigenvalue weighted by molar-refractivity contribution is 5.93. The average molecular weight is 168 g/mol. The summed E-state index contributed by atoms with van der Waals surface area (Å²) in [4.78, 5) is 11.0. The lowest BCUT2D eigenvalue weighted by Crippen LogP contribution is -2.32. The van der Waals surface area contributed by atoms with Gasteiger partial charge in [-0.1, -0.05) is 19.9 Å². The van der Waals surface area contributed by atoms with Crippen molar-refractivity contribution in [2.75, 3.05) is 0 Å². The summed E-state index contributed by atoms with van der Waals surface area (Å²) < 4.78 is 0. The zero-order valence-electron chi connectivity index (χ0n) is 7.92. The summed E-state index contributed by atoms with van der Waals surface area (Å²) in [6, 6.07) is 0. The number of ketones is 1. The van der Waals surface area contributed by atoms with E-state index < -0.39 is 5.60 Å². The van der Waals surface area contributed by atoms with Crippen molar-refractivity contribution in [3.63, 3.8) is 0 Å². The topological polar surface area (TPSA) is 37.3 Å². The molecule has 0 spiro atoms. The first-order valence-electron chi connectivity index (χ1n) is 4.38. The fraction of sp³-hybridized carbons (Fsp3) is 0.700. The van der Waals surface area contributed by atoms with E-state index in [1.807, 2.05) is 19.9 Å². The van der Waals surface area contributed by atoms with Crippen molar-refractivity contribution in [2.45, 2.75) is 39.2 Å². The van der Waals surface area contributed by atoms with Crippen molar-refractivity contribution in [3.8, 4) is 0 Å². The molecule has 0 fully saturated rings. The van der Waals surface area contributed by atoms with Crippen molar-refractivity contribution in [1.29, 1.82) is 0 Å². The van der Waals surface area contributed by atoms with Gasteiger partial charge in [0.15, 0.2) is 5.78 Å². The van der Waals surface area contributed by atoms with Crippen LogP contribution in [0.1, 0.15) is 33.6 Å². The number of carbonyl (C=O) groups is 1. The van der Waals surface area contributed by atoms with Crippen LogP contribution in [0.25, 0.3) is 0 Å². The molecule has 0 heterocycles. The second-order valence-electron chi connectivity index (χ2n) is 3.92. The highest BCUT2D eigenvalue weighted by Gasteiger charge is 2.36. The van der Waals surface area contributed by atoms with Gasteiger partial charge in [0, 0.05) is 6.42 Å². The van der Waals surface area contributed by atoms with Crippen LogP contribution in [0.3, 0.4) is 0 Å². The summed E-state index contributed by atoms with van der Waals surface area (Å²) >= 11 is 0. The minimum absolute atomic E-state index is 0.0894. The molecule has 0 amide bonds. The fourth-order valence-electron chi connectivity index (χ4n) is 1.48. The molecular weight excluding hydrogens is 152 g/mol. The van der Waals surface area contributed by atoms with Crippen molar-refractivity contribution in [3.05, 3.63) is 11.6 Å². The molecule has 0 aromatic heterocycles. The quantitative estimate of drug-likeness (QED) is 0.681. The molecule has 1 aliphatic carbocycles. The lowest BCUT2D eigenvalue weighted by Gasteiger charge is -2.27. The van der Waals surface area contributed by atoms with Crippen LogP contribution in [0, 0.1) is 5.92 Å². The number of hydrogen-bond donors (Lipinski definition) is 1. The Morgan fingerprint density at radius 3 is 2.50 bits per heavy atom. The lowest BCUT2D eigenvalue weighted by atomic mass is 9.87. The van der Waals surface area contributed by atoms with Crippen molar-refractivity contribution in [1.82, 2.24) is 0 Å². The van der Waals surface area contributed by atoms with E-state index in [0.717, 1.165) is 5.57 Å². The number of aliphatic hydroxyl groups is 1. The Labute approximate surface area is 73.3 Å². The number of carbonyl (C=O) groups excluding carboxylic acids is 1. The van der Waals surface area contributed by atoms with E-state index in [0.29, 0.717) is 12.8 Å². The summed E-state index contributed by atoms with van der Waals surface area (Å²) in [6.45, 7) is 5.52. The summed E-state index contributed by atoms with van der Waals surface area (Å²) in [5.74, 6) is 0.303. The van der Waals surface area contributed by atoms with E-state index in [1.54, 1.807) is 6.92 Å². The van der Waals surface area contributed by atoms with Gasteiger partial charge >= 0.3 is 0 Å². The van der Waals surface area contributed by atoms with Gasteiger partial charge in [-0.2, -0.15) is 0 Å². The summed E-state index contributed by atoms with van der Waals surface area (Å²) in [5.41, 5.74) is 0.118. The van der Waals surface area contributed by atoms with E-state index in [1.165, 1.54) is 0 Å². The van der Waals surface area contributed by atoms with Gasteiger partial charge in [0.05, 0.1) is 5.60 Å². The van der Waals surface area contributed by atoms with E-state index in [-0.39, 0.29) is 11.7 Å². The first kappa shape index (κ1) is 9.46. The summed E-state index contributed by atoms with van der Waals surface area (Å²) in [7, 11) is 0. The molecular formula is C10H16O2. The van der Waals surface area contributed by atoms with Crippen molar-refractivity contribution in [2.24, 2.45) is 5.92 Å². The maximum absolute atomic E-state index is 11.0. The van der Waals surface area contributed by atoms with Gasteiger partial charge < -0.3 is 5.11 Å². The first-order valence-corrected chi connectivity index (χ1v) is 4.38. The van der Waals surface area contributed by atoms with Gasteiger partial charge in [0.2, 0.25) is 0 Å². The predicted molar refractivity (Wildman–Crippen MR) is 47.8 cm³/mol. The Hall–Kier alpha value is -0.630. The van der Waals surface area contributed by atoms with Crippen LogP contribution in [0.5, 0.6) is 0 Å². The number of hydrogen-bond acceptors (Lipinski definition) is 2. The van der Waals surface area contributed by atoms with E-state index in [4.69, 9.17) is 0 Å². The molecule has 0 aromatic carbocycles. The monoisotopic (exact) mass is 168 g/mol. The first-order chi connectivity index (χ1) is 5.46. The Kier molecular flexibility index (Phi) is 2.38. The Balaban J connectivity index is 2.68. The Morgan fingerprint density at radius 2 is 2.25 bits per heavy atom. The van der Waals surface area contributed by atoms with E-state index >= 15 is 0 Å². The van der Waals surface area contributed by atoms with Gasteiger partial charge in [-0.3, -0.25) is 4.79 Å². The van der Waals surface area contributed by atoms with Crippen LogP contribution in [-0.2, 0) is 4.79 Å². The minimum atomic E-state index is -0.666. The molecule has 1 aliphatic rings. The Morgan fingerprint density at radius 1 is 1.67 bits per heavy atom. The molecule has 0 aromatic rings. The number of Topliss-reactive ketones (excluding diaryl/α,β-unsaturated/α-hetero) is 1. The van der Waals surface area contributed by atoms with Crippen molar-refractivity contribution < 1.29 is 9.90 Å². The van der Waals surface area contributed by atoms with Crippen LogP contribution < -0.4 is 0 Å². The molecule has 0 bridgehead atoms. The zero-order chi connectivity index (χ0) is 9.35. The minimum Gasteiger partial charge on any atom is -0.389 e. The van der Waals surface area contributed by atoms with Crippen molar-refractivity contribution >= 4 is 5.78 Å². The average Bonchev–Trinajstić information content (AvgIpc) is 2.33. The predicted octanol–water partition coefficient (Wildman–Crippen LogP) is 1.68. The Bertz CT molecular complexity index is 228. The molecule has 0 saturated heterocycles. The highest BCUT2D eigenvalue weighted by atomic mass is 16.3. The van der Waals surface area contributed by atoms with E-state index in [2.05, 4.69) is 0 Å². The highest BCUT2D eigenvalue weighted by Crippen LogP contribution is 2.35. The molecule has 0 saturated carbocycles. The number of rotatable bonds is 2. The second kappa shape index (κ2) is 3.02. The molecule has 1 atom stereocenters. The van der Waals surface area contributed by atoms with Gasteiger partial charge in [0.1, 0.15) is 0 Å². The van der Waals surface area contributed by atoms with Gasteiger partial charge in [0.25, 0.3) is 0 Å². The van der Waals surface area contributed by atoms with Gasteiger partial charge in [-0.05, 0) is 24.8 Å². The fourth-order valence-corrected chi connectivity index (χ4v) is 1.48. The maximum atomic E-state index is 11.0. The molecule has 12 heavy (non-hydrogen) atoms. The largest absolute Gasteiger partial charge is 0.389 e. The van der Waals surface area contributed by atoms with E-state index in [9.17, 15) is 9.90 Å². The molecule has 1 N–H and O–H groups in total. The third-order valence-corrected chi connectivity index (χ3v) is 2.73. The van der Waals surface area contributed by atoms with Crippen LogP contribution in [0.15, 0.2) is 11.6 Å². The third kappa shape index (κ3) is 1.58. The molecule has 2 heteroatoms. The van der Waals surface area contributed by atoms with Crippen LogP contribution in [0.4, 0.5) is 0 Å². The summed E-state index contributed by atoms with van der Waals surface area (Å²) in [5, 5.41) is 9.98. The third-order valence-electron chi connectivity index (χ3n) is 2.73. The summed E-state index contributed by atoms with van der Waals surface area (Å²) in [6.07, 6.45) is 3.02. The molecule has 0 aliphatic heterocycles. The molecule has 0 unspecified atom stereocenters. The molecule has 2 nitrogen and oxygen atoms in total.